The molecule has 22 heavy (non-hydrogen) atoms. The van der Waals surface area contributed by atoms with Gasteiger partial charge in [-0.15, -0.1) is 0 Å². The summed E-state index contributed by atoms with van der Waals surface area (Å²) in [5, 5.41) is 9.34. The second-order valence-electron chi connectivity index (χ2n) is 3.96. The van der Waals surface area contributed by atoms with Crippen LogP contribution in [0.15, 0.2) is 58.8 Å². The normalized spacial score (nSPS) is 9.45. The van der Waals surface area contributed by atoms with Crippen LogP contribution in [0, 0.1) is 7.43 Å². The molecule has 0 atom stereocenters. The fraction of sp³-hybridized carbons (Fsp3) is 0.312. The molecule has 0 fully saturated rings. The van der Waals surface area contributed by atoms with Crippen LogP contribution in [0.1, 0.15) is 6.92 Å². The molecule has 0 amide bonds. The SMILES string of the molecule is CCS(C)(=O)=O.CN=NC.[CH3-].[Y].c1ccc2ccccc2c1. The number of hydrogen-bond acceptors (Lipinski definition) is 4. The molecule has 0 aliphatic heterocycles. The first kappa shape index (κ1) is 26.3. The zero-order valence-electron chi connectivity index (χ0n) is 14.0. The maximum atomic E-state index is 10.0. The van der Waals surface area contributed by atoms with E-state index in [1.165, 1.54) is 17.0 Å². The Morgan fingerprint density at radius 1 is 0.864 bits per heavy atom. The van der Waals surface area contributed by atoms with Crippen molar-refractivity contribution in [1.82, 2.24) is 0 Å². The molecule has 2 rings (SSSR count). The average molecular weight is 398 g/mol. The van der Waals surface area contributed by atoms with Gasteiger partial charge >= 0.3 is 0 Å². The van der Waals surface area contributed by atoms with E-state index < -0.39 is 9.84 Å². The Hall–Kier alpha value is -0.646. The molecule has 121 valence electrons. The first-order valence-electron chi connectivity index (χ1n) is 6.24. The Balaban J connectivity index is -0.000000265. The van der Waals surface area contributed by atoms with Gasteiger partial charge in [-0.05, 0) is 10.8 Å². The second-order valence-corrected chi connectivity index (χ2v) is 6.39. The number of rotatable bonds is 1. The summed E-state index contributed by atoms with van der Waals surface area (Å²) in [6, 6.07) is 16.7. The molecule has 0 unspecified atom stereocenters. The van der Waals surface area contributed by atoms with Gasteiger partial charge in [0.2, 0.25) is 0 Å². The van der Waals surface area contributed by atoms with E-state index in [2.05, 4.69) is 58.8 Å². The van der Waals surface area contributed by atoms with Crippen LogP contribution in [0.3, 0.4) is 0 Å². The quantitative estimate of drug-likeness (QED) is 0.538. The fourth-order valence-corrected chi connectivity index (χ4v) is 1.13. The molecular formula is C16H25N2O2SY-. The predicted molar refractivity (Wildman–Crippen MR) is 92.5 cm³/mol. The van der Waals surface area contributed by atoms with Crippen molar-refractivity contribution in [3.63, 3.8) is 0 Å². The number of sulfone groups is 1. The number of fused-ring (bicyclic) bond motifs is 1. The Morgan fingerprint density at radius 3 is 1.23 bits per heavy atom. The molecule has 0 aliphatic carbocycles. The van der Waals surface area contributed by atoms with Crippen LogP contribution in [-0.4, -0.2) is 34.5 Å². The van der Waals surface area contributed by atoms with Crippen LogP contribution < -0.4 is 0 Å². The molecule has 0 N–H and O–H groups in total. The number of hydrogen-bond donors (Lipinski definition) is 0. The molecule has 1 radical (unpaired) electrons. The minimum Gasteiger partial charge on any atom is -0.358 e. The van der Waals surface area contributed by atoms with Gasteiger partial charge in [0.1, 0.15) is 9.84 Å². The number of azo groups is 1. The zero-order valence-corrected chi connectivity index (χ0v) is 17.7. The van der Waals surface area contributed by atoms with Crippen LogP contribution in [0.25, 0.3) is 10.8 Å². The van der Waals surface area contributed by atoms with Crippen molar-refractivity contribution in [3.05, 3.63) is 56.0 Å². The molecule has 0 saturated carbocycles. The van der Waals surface area contributed by atoms with Crippen molar-refractivity contribution >= 4 is 20.6 Å². The van der Waals surface area contributed by atoms with Crippen LogP contribution >= 0.6 is 0 Å². The van der Waals surface area contributed by atoms with Gasteiger partial charge in [0.05, 0.1) is 0 Å². The summed E-state index contributed by atoms with van der Waals surface area (Å²) in [6.07, 6.45) is 1.22. The van der Waals surface area contributed by atoms with E-state index in [1.807, 2.05) is 0 Å². The maximum Gasteiger partial charge on any atom is 0.147 e. The Morgan fingerprint density at radius 2 is 1.09 bits per heavy atom. The van der Waals surface area contributed by atoms with E-state index in [-0.39, 0.29) is 45.9 Å². The van der Waals surface area contributed by atoms with Crippen molar-refractivity contribution < 1.29 is 41.1 Å². The molecule has 0 aromatic heterocycles. The summed E-state index contributed by atoms with van der Waals surface area (Å²) in [5.41, 5.74) is 0. The van der Waals surface area contributed by atoms with Gasteiger partial charge < -0.3 is 7.43 Å². The van der Waals surface area contributed by atoms with Gasteiger partial charge in [-0.2, -0.15) is 10.2 Å². The van der Waals surface area contributed by atoms with Gasteiger partial charge in [0, 0.05) is 58.8 Å². The molecule has 0 heterocycles. The first-order valence-corrected chi connectivity index (χ1v) is 8.30. The Bertz CT molecular complexity index is 559. The third-order valence-electron chi connectivity index (χ3n) is 2.38. The van der Waals surface area contributed by atoms with Crippen LogP contribution in [0.4, 0.5) is 0 Å². The molecular weight excluding hydrogens is 373 g/mol. The summed E-state index contributed by atoms with van der Waals surface area (Å²) in [6.45, 7) is 1.62. The summed E-state index contributed by atoms with van der Waals surface area (Å²) >= 11 is 0. The van der Waals surface area contributed by atoms with Crippen molar-refractivity contribution in [3.8, 4) is 0 Å². The minimum absolute atomic E-state index is 0. The van der Waals surface area contributed by atoms with E-state index in [0.717, 1.165) is 0 Å². The monoisotopic (exact) mass is 398 g/mol. The van der Waals surface area contributed by atoms with E-state index >= 15 is 0 Å². The van der Waals surface area contributed by atoms with Gasteiger partial charge in [-0.25, -0.2) is 8.42 Å². The maximum absolute atomic E-state index is 10.0. The fourth-order valence-electron chi connectivity index (χ4n) is 1.13. The molecule has 2 aromatic carbocycles. The molecule has 0 spiro atoms. The molecule has 4 nitrogen and oxygen atoms in total. The standard InChI is InChI=1S/C10H8.C3H8O2S.C2H6N2.CH3.Y/c1-2-6-10-8-4-3-7-9(10)5-1;1-3-6(2,4)5;1-3-4-2;;/h1-8H;3H2,1-2H3;1-2H3;1H3;/q;;;-1;. The van der Waals surface area contributed by atoms with Crippen molar-refractivity contribution in [1.29, 1.82) is 0 Å². The van der Waals surface area contributed by atoms with E-state index in [1.54, 1.807) is 21.0 Å². The van der Waals surface area contributed by atoms with Crippen molar-refractivity contribution in [2.24, 2.45) is 10.2 Å². The van der Waals surface area contributed by atoms with E-state index in [4.69, 9.17) is 0 Å². The Kier molecular flexibility index (Phi) is 18.2. The molecule has 0 bridgehead atoms. The third kappa shape index (κ3) is 14.3. The molecule has 0 aliphatic rings. The van der Waals surface area contributed by atoms with Gasteiger partial charge in [0.15, 0.2) is 0 Å². The van der Waals surface area contributed by atoms with Gasteiger partial charge in [-0.3, -0.25) is 0 Å². The zero-order chi connectivity index (χ0) is 15.4. The molecule has 2 aromatic rings. The Labute approximate surface area is 160 Å². The second kappa shape index (κ2) is 15.3. The summed E-state index contributed by atoms with van der Waals surface area (Å²) < 4.78 is 20.0. The van der Waals surface area contributed by atoms with Crippen LogP contribution in [0.2, 0.25) is 0 Å². The summed E-state index contributed by atoms with van der Waals surface area (Å²) in [7, 11) is 0.616. The minimum atomic E-state index is -2.66. The average Bonchev–Trinajstić information content (AvgIpc) is 2.47. The first-order chi connectivity index (χ1) is 9.44. The van der Waals surface area contributed by atoms with Crippen LogP contribution in [0.5, 0.6) is 0 Å². The molecule has 0 saturated heterocycles. The summed E-state index contributed by atoms with van der Waals surface area (Å²) in [5.74, 6) is 0.243. The van der Waals surface area contributed by atoms with Crippen molar-refractivity contribution in [2.45, 2.75) is 6.92 Å². The number of nitrogens with zero attached hydrogens (tertiary/aromatic N) is 2. The van der Waals surface area contributed by atoms with Crippen molar-refractivity contribution in [2.75, 3.05) is 26.1 Å². The topological polar surface area (TPSA) is 58.9 Å². The third-order valence-corrected chi connectivity index (χ3v) is 3.43. The predicted octanol–water partition coefficient (Wildman–Crippen LogP) is 4.04. The largest absolute Gasteiger partial charge is 0.358 e. The van der Waals surface area contributed by atoms with Crippen LogP contribution in [-0.2, 0) is 42.5 Å². The summed E-state index contributed by atoms with van der Waals surface area (Å²) in [4.78, 5) is 0. The number of benzene rings is 2. The molecule has 6 heteroatoms. The van der Waals surface area contributed by atoms with E-state index in [9.17, 15) is 8.42 Å². The van der Waals surface area contributed by atoms with E-state index in [0.29, 0.717) is 0 Å². The van der Waals surface area contributed by atoms with Gasteiger partial charge in [-0.1, -0.05) is 55.5 Å². The van der Waals surface area contributed by atoms with Gasteiger partial charge in [0.25, 0.3) is 0 Å². The smallest absolute Gasteiger partial charge is 0.147 e.